The molecule has 2 N–H and O–H groups in total. The average molecular weight is 272 g/mol. The van der Waals surface area contributed by atoms with Crippen molar-refractivity contribution in [3.8, 4) is 0 Å². The Kier molecular flexibility index (Phi) is 7.05. The zero-order valence-corrected chi connectivity index (χ0v) is 13.0. The fraction of sp³-hybridized carbons (Fsp3) is 0.857. The summed E-state index contributed by atoms with van der Waals surface area (Å²) < 4.78 is 4.60. The number of hydrogen-bond donors (Lipinski definition) is 1. The number of rotatable bonds is 6. The number of methoxy groups -OCH3 is 1. The molecule has 0 radical (unpaired) electrons. The topological polar surface area (TPSA) is 72.6 Å². The normalized spacial score (nSPS) is 13.3. The molecule has 112 valence electrons. The molecule has 0 saturated heterocycles. The Balaban J connectivity index is 4.74. The van der Waals surface area contributed by atoms with E-state index < -0.39 is 6.04 Å². The van der Waals surface area contributed by atoms with Gasteiger partial charge in [0.1, 0.15) is 0 Å². The van der Waals surface area contributed by atoms with E-state index in [2.05, 4.69) is 4.74 Å². The van der Waals surface area contributed by atoms with Crippen LogP contribution in [0.25, 0.3) is 0 Å². The standard InChI is InChI=1S/C14H28N2O3/c1-10(2)9-16(8-7-11(17)19-6)13(18)12(15)14(3,4)5/h10,12H,7-9,15H2,1-6H3/t12-/m0/s1. The first kappa shape index (κ1) is 17.9. The highest BCUT2D eigenvalue weighted by Gasteiger charge is 2.31. The summed E-state index contributed by atoms with van der Waals surface area (Å²) >= 11 is 0. The van der Waals surface area contributed by atoms with Crippen molar-refractivity contribution >= 4 is 11.9 Å². The van der Waals surface area contributed by atoms with E-state index >= 15 is 0 Å². The largest absolute Gasteiger partial charge is 0.469 e. The minimum absolute atomic E-state index is 0.106. The van der Waals surface area contributed by atoms with E-state index in [9.17, 15) is 9.59 Å². The first-order chi connectivity index (χ1) is 8.59. The van der Waals surface area contributed by atoms with E-state index in [-0.39, 0.29) is 23.7 Å². The highest BCUT2D eigenvalue weighted by atomic mass is 16.5. The van der Waals surface area contributed by atoms with Crippen LogP contribution in [0, 0.1) is 11.3 Å². The van der Waals surface area contributed by atoms with Crippen molar-refractivity contribution in [3.05, 3.63) is 0 Å². The van der Waals surface area contributed by atoms with Crippen molar-refractivity contribution < 1.29 is 14.3 Å². The third-order valence-corrected chi connectivity index (χ3v) is 2.91. The monoisotopic (exact) mass is 272 g/mol. The Morgan fingerprint density at radius 3 is 2.16 bits per heavy atom. The summed E-state index contributed by atoms with van der Waals surface area (Å²) in [4.78, 5) is 25.2. The maximum atomic E-state index is 12.4. The first-order valence-corrected chi connectivity index (χ1v) is 6.70. The number of ether oxygens (including phenoxy) is 1. The van der Waals surface area contributed by atoms with Crippen LogP contribution in [0.2, 0.25) is 0 Å². The molecule has 0 saturated carbocycles. The number of nitrogens with two attached hydrogens (primary N) is 1. The molecule has 0 aliphatic carbocycles. The van der Waals surface area contributed by atoms with Crippen LogP contribution < -0.4 is 5.73 Å². The lowest BCUT2D eigenvalue weighted by atomic mass is 9.86. The zero-order chi connectivity index (χ0) is 15.2. The first-order valence-electron chi connectivity index (χ1n) is 6.70. The second kappa shape index (κ2) is 7.48. The summed E-state index contributed by atoms with van der Waals surface area (Å²) in [5.41, 5.74) is 5.71. The molecule has 0 aromatic carbocycles. The summed E-state index contributed by atoms with van der Waals surface area (Å²) in [6.45, 7) is 10.8. The van der Waals surface area contributed by atoms with Crippen LogP contribution in [-0.4, -0.2) is 43.0 Å². The van der Waals surface area contributed by atoms with Gasteiger partial charge in [-0.2, -0.15) is 0 Å². The molecule has 5 heteroatoms. The van der Waals surface area contributed by atoms with Crippen LogP contribution in [0.5, 0.6) is 0 Å². The highest BCUT2D eigenvalue weighted by Crippen LogP contribution is 2.19. The van der Waals surface area contributed by atoms with E-state index in [0.29, 0.717) is 19.0 Å². The fourth-order valence-corrected chi connectivity index (χ4v) is 1.63. The summed E-state index contributed by atoms with van der Waals surface area (Å²) in [5.74, 6) is -0.0928. The van der Waals surface area contributed by atoms with Gasteiger partial charge in [-0.1, -0.05) is 34.6 Å². The van der Waals surface area contributed by atoms with Crippen LogP contribution in [0.3, 0.4) is 0 Å². The van der Waals surface area contributed by atoms with Crippen LogP contribution in [0.4, 0.5) is 0 Å². The summed E-state index contributed by atoms with van der Waals surface area (Å²) in [6.07, 6.45) is 0.200. The number of amides is 1. The summed E-state index contributed by atoms with van der Waals surface area (Å²) in [7, 11) is 1.35. The van der Waals surface area contributed by atoms with Crippen molar-refractivity contribution in [2.45, 2.75) is 47.1 Å². The predicted molar refractivity (Wildman–Crippen MR) is 75.5 cm³/mol. The molecular formula is C14H28N2O3. The molecule has 0 aliphatic heterocycles. The van der Waals surface area contributed by atoms with E-state index in [1.807, 2.05) is 34.6 Å². The lowest BCUT2D eigenvalue weighted by Crippen LogP contribution is -2.51. The van der Waals surface area contributed by atoms with E-state index in [1.54, 1.807) is 4.90 Å². The number of carbonyl (C=O) groups excluding carboxylic acids is 2. The van der Waals surface area contributed by atoms with Gasteiger partial charge in [-0.25, -0.2) is 0 Å². The molecule has 1 amide bonds. The maximum Gasteiger partial charge on any atom is 0.307 e. The van der Waals surface area contributed by atoms with Crippen LogP contribution in [0.1, 0.15) is 41.0 Å². The van der Waals surface area contributed by atoms with Gasteiger partial charge in [0.15, 0.2) is 0 Å². The van der Waals surface area contributed by atoms with E-state index in [1.165, 1.54) is 7.11 Å². The van der Waals surface area contributed by atoms with E-state index in [0.717, 1.165) is 0 Å². The van der Waals surface area contributed by atoms with Gasteiger partial charge < -0.3 is 15.4 Å². The third kappa shape index (κ3) is 6.57. The molecule has 0 aliphatic rings. The number of carbonyl (C=O) groups is 2. The van der Waals surface area contributed by atoms with Crippen LogP contribution in [0.15, 0.2) is 0 Å². The Morgan fingerprint density at radius 1 is 1.26 bits per heavy atom. The van der Waals surface area contributed by atoms with Crippen LogP contribution in [-0.2, 0) is 14.3 Å². The molecule has 0 unspecified atom stereocenters. The van der Waals surface area contributed by atoms with Gasteiger partial charge >= 0.3 is 5.97 Å². The molecule has 0 aromatic rings. The minimum atomic E-state index is -0.566. The van der Waals surface area contributed by atoms with Crippen molar-refractivity contribution in [2.75, 3.05) is 20.2 Å². The van der Waals surface area contributed by atoms with Crippen molar-refractivity contribution in [1.82, 2.24) is 4.90 Å². The Labute approximate surface area is 116 Å². The van der Waals surface area contributed by atoms with Crippen molar-refractivity contribution in [2.24, 2.45) is 17.1 Å². The molecule has 0 fully saturated rings. The second-order valence-electron chi connectivity index (χ2n) is 6.35. The molecule has 0 heterocycles. The third-order valence-electron chi connectivity index (χ3n) is 2.91. The van der Waals surface area contributed by atoms with Gasteiger partial charge in [0, 0.05) is 13.1 Å². The van der Waals surface area contributed by atoms with E-state index in [4.69, 9.17) is 5.73 Å². The quantitative estimate of drug-likeness (QED) is 0.742. The second-order valence-corrected chi connectivity index (χ2v) is 6.35. The highest BCUT2D eigenvalue weighted by molar-refractivity contribution is 5.83. The lowest BCUT2D eigenvalue weighted by molar-refractivity contribution is -0.142. The van der Waals surface area contributed by atoms with Gasteiger partial charge in [-0.3, -0.25) is 9.59 Å². The number of esters is 1. The van der Waals surface area contributed by atoms with Crippen molar-refractivity contribution in [3.63, 3.8) is 0 Å². The molecule has 0 aromatic heterocycles. The lowest BCUT2D eigenvalue weighted by Gasteiger charge is -2.32. The average Bonchev–Trinajstić information content (AvgIpc) is 2.30. The van der Waals surface area contributed by atoms with Gasteiger partial charge in [-0.15, -0.1) is 0 Å². The van der Waals surface area contributed by atoms with Crippen LogP contribution >= 0.6 is 0 Å². The minimum Gasteiger partial charge on any atom is -0.469 e. The molecule has 0 rings (SSSR count). The molecule has 5 nitrogen and oxygen atoms in total. The Bertz CT molecular complexity index is 308. The molecule has 0 bridgehead atoms. The smallest absolute Gasteiger partial charge is 0.307 e. The summed E-state index contributed by atoms with van der Waals surface area (Å²) in [5, 5.41) is 0. The molecule has 0 spiro atoms. The Hall–Kier alpha value is -1.10. The molecule has 1 atom stereocenters. The summed E-state index contributed by atoms with van der Waals surface area (Å²) in [6, 6.07) is -0.566. The predicted octanol–water partition coefficient (Wildman–Crippen LogP) is 1.41. The maximum absolute atomic E-state index is 12.4. The van der Waals surface area contributed by atoms with Crippen molar-refractivity contribution in [1.29, 1.82) is 0 Å². The fourth-order valence-electron chi connectivity index (χ4n) is 1.63. The molecular weight excluding hydrogens is 244 g/mol. The van der Waals surface area contributed by atoms with Gasteiger partial charge in [0.25, 0.3) is 0 Å². The number of hydrogen-bond acceptors (Lipinski definition) is 4. The number of nitrogens with zero attached hydrogens (tertiary/aromatic N) is 1. The van der Waals surface area contributed by atoms with Gasteiger partial charge in [0.05, 0.1) is 19.6 Å². The Morgan fingerprint density at radius 2 is 1.79 bits per heavy atom. The molecule has 19 heavy (non-hydrogen) atoms. The van der Waals surface area contributed by atoms with Gasteiger partial charge in [-0.05, 0) is 11.3 Å². The van der Waals surface area contributed by atoms with Gasteiger partial charge in [0.2, 0.25) is 5.91 Å². The SMILES string of the molecule is COC(=O)CCN(CC(C)C)C(=O)[C@H](N)C(C)(C)C. The zero-order valence-electron chi connectivity index (χ0n) is 13.0.